The fourth-order valence-electron chi connectivity index (χ4n) is 3.54. The van der Waals surface area contributed by atoms with Crippen LogP contribution in [-0.4, -0.2) is 50.5 Å². The number of hydrogen-bond donors (Lipinski definition) is 3. The SMILES string of the molecule is CCNC(=NCc1cccc(NC(=O)CN(C)C)c1)NCC1(c2cccc(Cl)c2)CC1.I. The minimum atomic E-state index is -0.0311. The van der Waals surface area contributed by atoms with Crippen LogP contribution in [0.3, 0.4) is 0 Å². The molecular weight excluding hydrogens is 537 g/mol. The maximum Gasteiger partial charge on any atom is 0.238 e. The average molecular weight is 570 g/mol. The molecule has 8 heteroatoms. The summed E-state index contributed by atoms with van der Waals surface area (Å²) in [6, 6.07) is 16.0. The molecule has 1 aliphatic carbocycles. The van der Waals surface area contributed by atoms with Gasteiger partial charge in [0.25, 0.3) is 0 Å². The van der Waals surface area contributed by atoms with Gasteiger partial charge in [0.05, 0.1) is 13.1 Å². The molecule has 174 valence electrons. The minimum absolute atomic E-state index is 0. The van der Waals surface area contributed by atoms with Crippen molar-refractivity contribution in [2.24, 2.45) is 4.99 Å². The van der Waals surface area contributed by atoms with Gasteiger partial charge in [-0.15, -0.1) is 24.0 Å². The lowest BCUT2D eigenvalue weighted by Crippen LogP contribution is -2.41. The third-order valence-corrected chi connectivity index (χ3v) is 5.55. The molecule has 3 rings (SSSR count). The zero-order valence-electron chi connectivity index (χ0n) is 19.0. The van der Waals surface area contributed by atoms with Gasteiger partial charge in [0.1, 0.15) is 0 Å². The van der Waals surface area contributed by atoms with Crippen LogP contribution in [0.2, 0.25) is 5.02 Å². The first-order chi connectivity index (χ1) is 14.9. The molecule has 3 N–H and O–H groups in total. The molecule has 32 heavy (non-hydrogen) atoms. The lowest BCUT2D eigenvalue weighted by molar-refractivity contribution is -0.116. The number of nitrogens with zero attached hydrogens (tertiary/aromatic N) is 2. The number of hydrogen-bond acceptors (Lipinski definition) is 3. The number of nitrogens with one attached hydrogen (secondary N) is 3. The Bertz CT molecular complexity index is 930. The van der Waals surface area contributed by atoms with E-state index >= 15 is 0 Å². The number of rotatable bonds is 9. The predicted molar refractivity (Wildman–Crippen MR) is 144 cm³/mol. The van der Waals surface area contributed by atoms with E-state index in [4.69, 9.17) is 16.6 Å². The quantitative estimate of drug-likeness (QED) is 0.240. The summed E-state index contributed by atoms with van der Waals surface area (Å²) in [5.41, 5.74) is 3.24. The summed E-state index contributed by atoms with van der Waals surface area (Å²) in [7, 11) is 3.75. The van der Waals surface area contributed by atoms with Crippen molar-refractivity contribution in [3.8, 4) is 0 Å². The van der Waals surface area contributed by atoms with Crippen LogP contribution in [0.25, 0.3) is 0 Å². The maximum absolute atomic E-state index is 12.0. The highest BCUT2D eigenvalue weighted by molar-refractivity contribution is 14.0. The van der Waals surface area contributed by atoms with Crippen LogP contribution in [0.15, 0.2) is 53.5 Å². The summed E-state index contributed by atoms with van der Waals surface area (Å²) in [5.74, 6) is 0.759. The van der Waals surface area contributed by atoms with Gasteiger partial charge in [-0.25, -0.2) is 4.99 Å². The summed E-state index contributed by atoms with van der Waals surface area (Å²) in [5, 5.41) is 10.5. The van der Waals surface area contributed by atoms with Crippen molar-refractivity contribution >= 4 is 53.1 Å². The highest BCUT2D eigenvalue weighted by Gasteiger charge is 2.44. The van der Waals surface area contributed by atoms with Gasteiger partial charge in [-0.2, -0.15) is 0 Å². The van der Waals surface area contributed by atoms with E-state index in [0.29, 0.717) is 13.1 Å². The Hall–Kier alpha value is -1.84. The zero-order chi connectivity index (χ0) is 22.3. The molecule has 0 bridgehead atoms. The average Bonchev–Trinajstić information content (AvgIpc) is 3.51. The lowest BCUT2D eigenvalue weighted by atomic mass is 9.96. The molecule has 2 aromatic carbocycles. The highest BCUT2D eigenvalue weighted by atomic mass is 127. The van der Waals surface area contributed by atoms with Crippen LogP contribution in [0, 0.1) is 0 Å². The second-order valence-corrected chi connectivity index (χ2v) is 8.76. The molecule has 2 aromatic rings. The number of carbonyl (C=O) groups excluding carboxylic acids is 1. The summed E-state index contributed by atoms with van der Waals surface area (Å²) in [6.07, 6.45) is 2.29. The Labute approximate surface area is 213 Å². The molecule has 0 radical (unpaired) electrons. The number of benzene rings is 2. The van der Waals surface area contributed by atoms with Crippen molar-refractivity contribution in [2.45, 2.75) is 31.7 Å². The molecule has 0 spiro atoms. The number of carbonyl (C=O) groups is 1. The number of halogens is 2. The monoisotopic (exact) mass is 569 g/mol. The van der Waals surface area contributed by atoms with Crippen molar-refractivity contribution in [3.63, 3.8) is 0 Å². The number of guanidine groups is 1. The molecule has 0 heterocycles. The van der Waals surface area contributed by atoms with Crippen molar-refractivity contribution in [2.75, 3.05) is 39.0 Å². The molecule has 1 amide bonds. The molecular formula is C24H33ClIN5O. The molecule has 1 aliphatic rings. The van der Waals surface area contributed by atoms with E-state index in [1.165, 1.54) is 5.56 Å². The molecule has 0 aromatic heterocycles. The summed E-state index contributed by atoms with van der Waals surface area (Å²) in [4.78, 5) is 18.6. The molecule has 0 aliphatic heterocycles. The van der Waals surface area contributed by atoms with Gasteiger partial charge in [0.2, 0.25) is 5.91 Å². The number of anilines is 1. The highest BCUT2D eigenvalue weighted by Crippen LogP contribution is 2.48. The Kier molecular flexibility index (Phi) is 10.2. The van der Waals surface area contributed by atoms with E-state index in [0.717, 1.165) is 48.2 Å². The van der Waals surface area contributed by atoms with Crippen LogP contribution in [0.1, 0.15) is 30.9 Å². The maximum atomic E-state index is 12.0. The first kappa shape index (κ1) is 26.4. The van der Waals surface area contributed by atoms with Crippen molar-refractivity contribution < 1.29 is 4.79 Å². The van der Waals surface area contributed by atoms with Crippen molar-refractivity contribution in [1.29, 1.82) is 0 Å². The predicted octanol–water partition coefficient (Wildman–Crippen LogP) is 4.25. The largest absolute Gasteiger partial charge is 0.357 e. The molecule has 1 fully saturated rings. The van der Waals surface area contributed by atoms with Crippen molar-refractivity contribution in [1.82, 2.24) is 15.5 Å². The molecule has 0 atom stereocenters. The fourth-order valence-corrected chi connectivity index (χ4v) is 3.73. The number of aliphatic imine (C=N–C) groups is 1. The van der Waals surface area contributed by atoms with E-state index in [1.807, 2.05) is 55.4 Å². The molecule has 1 saturated carbocycles. The van der Waals surface area contributed by atoms with Crippen LogP contribution < -0.4 is 16.0 Å². The van der Waals surface area contributed by atoms with Crippen molar-refractivity contribution in [3.05, 3.63) is 64.7 Å². The standard InChI is InChI=1S/C24H32ClN5O.HI/c1-4-26-23(28-17-24(11-12-24)19-8-6-9-20(25)14-19)27-15-18-7-5-10-21(13-18)29-22(31)16-30(2)3;/h5-10,13-14H,4,11-12,15-17H2,1-3H3,(H,29,31)(H2,26,27,28);1H. The van der Waals surface area contributed by atoms with E-state index in [2.05, 4.69) is 35.0 Å². The van der Waals surface area contributed by atoms with Gasteiger partial charge < -0.3 is 20.9 Å². The third kappa shape index (κ3) is 7.94. The van der Waals surface area contributed by atoms with E-state index in [9.17, 15) is 4.79 Å². The Morgan fingerprint density at radius 1 is 1.12 bits per heavy atom. The van der Waals surface area contributed by atoms with Gasteiger partial charge in [-0.05, 0) is 69.3 Å². The van der Waals surface area contributed by atoms with E-state index < -0.39 is 0 Å². The Balaban J connectivity index is 0.00000363. The third-order valence-electron chi connectivity index (χ3n) is 5.32. The second-order valence-electron chi connectivity index (χ2n) is 8.33. The first-order valence-electron chi connectivity index (χ1n) is 10.7. The van der Waals surface area contributed by atoms with Gasteiger partial charge in [0, 0.05) is 29.2 Å². The minimum Gasteiger partial charge on any atom is -0.357 e. The Morgan fingerprint density at radius 2 is 1.88 bits per heavy atom. The lowest BCUT2D eigenvalue weighted by Gasteiger charge is -2.19. The topological polar surface area (TPSA) is 68.8 Å². The summed E-state index contributed by atoms with van der Waals surface area (Å²) in [6.45, 7) is 4.54. The van der Waals surface area contributed by atoms with Gasteiger partial charge in [0.15, 0.2) is 5.96 Å². The van der Waals surface area contributed by atoms with Crippen LogP contribution in [-0.2, 0) is 16.8 Å². The zero-order valence-corrected chi connectivity index (χ0v) is 22.0. The molecule has 6 nitrogen and oxygen atoms in total. The van der Waals surface area contributed by atoms with Crippen LogP contribution in [0.4, 0.5) is 5.69 Å². The first-order valence-corrected chi connectivity index (χ1v) is 11.1. The van der Waals surface area contributed by atoms with E-state index in [1.54, 1.807) is 0 Å². The van der Waals surface area contributed by atoms with Gasteiger partial charge in [-0.3, -0.25) is 4.79 Å². The molecule has 0 unspecified atom stereocenters. The fraction of sp³-hybridized carbons (Fsp3) is 0.417. The summed E-state index contributed by atoms with van der Waals surface area (Å²) >= 11 is 6.19. The second kappa shape index (κ2) is 12.4. The normalized spacial score (nSPS) is 14.5. The van der Waals surface area contributed by atoms with E-state index in [-0.39, 0.29) is 35.3 Å². The van der Waals surface area contributed by atoms with Gasteiger partial charge >= 0.3 is 0 Å². The van der Waals surface area contributed by atoms with Gasteiger partial charge in [-0.1, -0.05) is 35.9 Å². The number of amides is 1. The Morgan fingerprint density at radius 3 is 2.53 bits per heavy atom. The van der Waals surface area contributed by atoms with Crippen LogP contribution >= 0.6 is 35.6 Å². The molecule has 0 saturated heterocycles. The summed E-state index contributed by atoms with van der Waals surface area (Å²) < 4.78 is 0. The van der Waals surface area contributed by atoms with Crippen LogP contribution in [0.5, 0.6) is 0 Å². The smallest absolute Gasteiger partial charge is 0.238 e. The number of likely N-dealkylation sites (N-methyl/N-ethyl adjacent to an activating group) is 1.